The Labute approximate surface area is 114 Å². The van der Waals surface area contributed by atoms with Gasteiger partial charge in [0.1, 0.15) is 5.82 Å². The molecule has 0 spiro atoms. The zero-order valence-electron chi connectivity index (χ0n) is 11.6. The summed E-state index contributed by atoms with van der Waals surface area (Å²) in [5, 5.41) is 2.81. The van der Waals surface area contributed by atoms with Crippen LogP contribution >= 0.6 is 0 Å². The fraction of sp³-hybridized carbons (Fsp3) is 0.571. The van der Waals surface area contributed by atoms with E-state index >= 15 is 0 Å². The number of anilines is 1. The van der Waals surface area contributed by atoms with Gasteiger partial charge in [0.05, 0.1) is 6.61 Å². The van der Waals surface area contributed by atoms with Crippen molar-refractivity contribution in [3.8, 4) is 0 Å². The van der Waals surface area contributed by atoms with Gasteiger partial charge in [0.25, 0.3) is 0 Å². The molecule has 1 fully saturated rings. The molecule has 0 aliphatic carbocycles. The van der Waals surface area contributed by atoms with Crippen LogP contribution in [0.4, 0.5) is 10.6 Å². The highest BCUT2D eigenvalue weighted by atomic mass is 16.5. The van der Waals surface area contributed by atoms with Gasteiger partial charge in [-0.2, -0.15) is 0 Å². The normalized spacial score (nSPS) is 18.9. The van der Waals surface area contributed by atoms with E-state index in [0.29, 0.717) is 11.7 Å². The molecule has 5 heteroatoms. The van der Waals surface area contributed by atoms with Crippen LogP contribution in [0.25, 0.3) is 0 Å². The minimum atomic E-state index is -0.122. The Morgan fingerprint density at radius 1 is 1.58 bits per heavy atom. The summed E-state index contributed by atoms with van der Waals surface area (Å²) < 4.78 is 5.43. The standard InChI is InChI=1S/C14H21N3O2/c1-11-5-3-7-13(15-11)16-14(18)17(2)9-12-6-4-8-19-10-12/h3,5,7,12H,4,6,8-10H2,1-2H3,(H,15,16,18). The lowest BCUT2D eigenvalue weighted by atomic mass is 10.0. The van der Waals surface area contributed by atoms with E-state index in [0.717, 1.165) is 38.3 Å². The molecule has 1 aliphatic rings. The molecule has 0 saturated carbocycles. The smallest absolute Gasteiger partial charge is 0.322 e. The number of amides is 2. The Morgan fingerprint density at radius 2 is 2.42 bits per heavy atom. The molecule has 1 saturated heterocycles. The highest BCUT2D eigenvalue weighted by Crippen LogP contribution is 2.15. The van der Waals surface area contributed by atoms with Crippen LogP contribution in [-0.2, 0) is 4.74 Å². The number of aromatic nitrogens is 1. The van der Waals surface area contributed by atoms with E-state index in [1.54, 1.807) is 18.0 Å². The summed E-state index contributed by atoms with van der Waals surface area (Å²) in [6, 6.07) is 5.46. The summed E-state index contributed by atoms with van der Waals surface area (Å²) in [4.78, 5) is 18.0. The van der Waals surface area contributed by atoms with Gasteiger partial charge in [-0.15, -0.1) is 0 Å². The highest BCUT2D eigenvalue weighted by molar-refractivity contribution is 5.88. The van der Waals surface area contributed by atoms with Crippen LogP contribution in [-0.4, -0.2) is 42.7 Å². The molecule has 1 aromatic rings. The lowest BCUT2D eigenvalue weighted by molar-refractivity contribution is 0.0464. The van der Waals surface area contributed by atoms with Gasteiger partial charge in [-0.3, -0.25) is 5.32 Å². The molecule has 1 atom stereocenters. The average molecular weight is 263 g/mol. The van der Waals surface area contributed by atoms with Gasteiger partial charge in [0.15, 0.2) is 0 Å². The van der Waals surface area contributed by atoms with Gasteiger partial charge in [-0.1, -0.05) is 6.07 Å². The first-order chi connectivity index (χ1) is 9.15. The summed E-state index contributed by atoms with van der Waals surface area (Å²) >= 11 is 0. The maximum Gasteiger partial charge on any atom is 0.322 e. The van der Waals surface area contributed by atoms with Gasteiger partial charge < -0.3 is 9.64 Å². The largest absolute Gasteiger partial charge is 0.381 e. The number of carbonyl (C=O) groups excluding carboxylic acids is 1. The summed E-state index contributed by atoms with van der Waals surface area (Å²) in [7, 11) is 1.81. The van der Waals surface area contributed by atoms with Gasteiger partial charge in [-0.25, -0.2) is 9.78 Å². The minimum Gasteiger partial charge on any atom is -0.381 e. The number of ether oxygens (including phenoxy) is 1. The van der Waals surface area contributed by atoms with Crippen molar-refractivity contribution >= 4 is 11.8 Å². The average Bonchev–Trinajstić information content (AvgIpc) is 2.40. The molecular formula is C14H21N3O2. The predicted octanol–water partition coefficient (Wildman–Crippen LogP) is 2.28. The maximum absolute atomic E-state index is 12.0. The number of aryl methyl sites for hydroxylation is 1. The number of hydrogen-bond donors (Lipinski definition) is 1. The lowest BCUT2D eigenvalue weighted by Crippen LogP contribution is -2.37. The summed E-state index contributed by atoms with van der Waals surface area (Å²) in [6.07, 6.45) is 2.21. The van der Waals surface area contributed by atoms with Crippen molar-refractivity contribution in [2.75, 3.05) is 32.1 Å². The molecule has 2 amide bonds. The number of nitrogens with one attached hydrogen (secondary N) is 1. The number of hydrogen-bond acceptors (Lipinski definition) is 3. The molecule has 19 heavy (non-hydrogen) atoms. The molecule has 0 radical (unpaired) electrons. The first-order valence-electron chi connectivity index (χ1n) is 6.68. The van der Waals surface area contributed by atoms with E-state index < -0.39 is 0 Å². The number of rotatable bonds is 3. The number of carbonyl (C=O) groups is 1. The first-order valence-corrected chi connectivity index (χ1v) is 6.68. The van der Waals surface area contributed by atoms with Crippen molar-refractivity contribution in [1.82, 2.24) is 9.88 Å². The van der Waals surface area contributed by atoms with Gasteiger partial charge in [0.2, 0.25) is 0 Å². The molecule has 2 heterocycles. The second-order valence-corrected chi connectivity index (χ2v) is 5.06. The van der Waals surface area contributed by atoms with Crippen LogP contribution in [0.5, 0.6) is 0 Å². The van der Waals surface area contributed by atoms with Crippen LogP contribution in [0.3, 0.4) is 0 Å². The third-order valence-corrected chi connectivity index (χ3v) is 3.26. The lowest BCUT2D eigenvalue weighted by Gasteiger charge is -2.27. The van der Waals surface area contributed by atoms with Crippen LogP contribution in [0.2, 0.25) is 0 Å². The monoisotopic (exact) mass is 263 g/mol. The maximum atomic E-state index is 12.0. The third-order valence-electron chi connectivity index (χ3n) is 3.26. The van der Waals surface area contributed by atoms with E-state index in [1.165, 1.54) is 0 Å². The van der Waals surface area contributed by atoms with E-state index in [-0.39, 0.29) is 6.03 Å². The van der Waals surface area contributed by atoms with E-state index in [1.807, 2.05) is 19.1 Å². The second kappa shape index (κ2) is 6.52. The van der Waals surface area contributed by atoms with Crippen molar-refractivity contribution in [1.29, 1.82) is 0 Å². The van der Waals surface area contributed by atoms with E-state index in [9.17, 15) is 4.79 Å². The van der Waals surface area contributed by atoms with E-state index in [2.05, 4.69) is 10.3 Å². The third kappa shape index (κ3) is 4.21. The topological polar surface area (TPSA) is 54.5 Å². The van der Waals surface area contributed by atoms with Crippen LogP contribution in [0, 0.1) is 12.8 Å². The second-order valence-electron chi connectivity index (χ2n) is 5.06. The Kier molecular flexibility index (Phi) is 4.74. The molecule has 5 nitrogen and oxygen atoms in total. The molecule has 1 N–H and O–H groups in total. The predicted molar refractivity (Wildman–Crippen MR) is 74.2 cm³/mol. The molecule has 104 valence electrons. The Balaban J connectivity index is 1.84. The van der Waals surface area contributed by atoms with Crippen molar-refractivity contribution in [3.63, 3.8) is 0 Å². The summed E-state index contributed by atoms with van der Waals surface area (Å²) in [5.41, 5.74) is 0.890. The number of pyridine rings is 1. The molecule has 0 aromatic carbocycles. The Bertz CT molecular complexity index is 430. The van der Waals surface area contributed by atoms with E-state index in [4.69, 9.17) is 4.74 Å². The molecule has 1 aromatic heterocycles. The van der Waals surface area contributed by atoms with Crippen molar-refractivity contribution in [2.45, 2.75) is 19.8 Å². The van der Waals surface area contributed by atoms with Gasteiger partial charge in [0, 0.05) is 31.8 Å². The highest BCUT2D eigenvalue weighted by Gasteiger charge is 2.18. The van der Waals surface area contributed by atoms with Crippen molar-refractivity contribution < 1.29 is 9.53 Å². The first kappa shape index (κ1) is 13.8. The van der Waals surface area contributed by atoms with Crippen molar-refractivity contribution in [2.24, 2.45) is 5.92 Å². The van der Waals surface area contributed by atoms with Crippen LogP contribution in [0.15, 0.2) is 18.2 Å². The van der Waals surface area contributed by atoms with Crippen molar-refractivity contribution in [3.05, 3.63) is 23.9 Å². The Hall–Kier alpha value is -1.62. The van der Waals surface area contributed by atoms with Crippen LogP contribution < -0.4 is 5.32 Å². The Morgan fingerprint density at radius 3 is 3.11 bits per heavy atom. The molecule has 1 unspecified atom stereocenters. The molecule has 2 rings (SSSR count). The fourth-order valence-electron chi connectivity index (χ4n) is 2.24. The summed E-state index contributed by atoms with van der Waals surface area (Å²) in [6.45, 7) is 4.22. The molecular weight excluding hydrogens is 242 g/mol. The molecule has 0 bridgehead atoms. The fourth-order valence-corrected chi connectivity index (χ4v) is 2.24. The minimum absolute atomic E-state index is 0.122. The number of urea groups is 1. The summed E-state index contributed by atoms with van der Waals surface area (Å²) in [5.74, 6) is 1.03. The van der Waals surface area contributed by atoms with Gasteiger partial charge >= 0.3 is 6.03 Å². The zero-order valence-corrected chi connectivity index (χ0v) is 11.6. The van der Waals surface area contributed by atoms with Crippen LogP contribution in [0.1, 0.15) is 18.5 Å². The zero-order chi connectivity index (χ0) is 13.7. The van der Waals surface area contributed by atoms with Gasteiger partial charge in [-0.05, 0) is 31.9 Å². The quantitative estimate of drug-likeness (QED) is 0.910. The SMILES string of the molecule is Cc1cccc(NC(=O)N(C)CC2CCCOC2)n1. The number of nitrogens with zero attached hydrogens (tertiary/aromatic N) is 2. The molecule has 1 aliphatic heterocycles.